The van der Waals surface area contributed by atoms with E-state index < -0.39 is 0 Å². The minimum Gasteiger partial charge on any atom is -0.484 e. The van der Waals surface area contributed by atoms with Gasteiger partial charge in [-0.2, -0.15) is 5.10 Å². The highest BCUT2D eigenvalue weighted by molar-refractivity contribution is 5.12. The van der Waals surface area contributed by atoms with Gasteiger partial charge in [0.25, 0.3) is 0 Å². The summed E-state index contributed by atoms with van der Waals surface area (Å²) in [5, 5.41) is 11.9. The Morgan fingerprint density at radius 1 is 1.38 bits per heavy atom. The first kappa shape index (κ1) is 10.7. The molecule has 0 aliphatic heterocycles. The first-order chi connectivity index (χ1) is 7.65. The molecule has 2 aromatic rings. The molecule has 0 aromatic carbocycles. The monoisotopic (exact) mass is 221 g/mol. The molecular formula is C10H15N5O. The van der Waals surface area contributed by atoms with E-state index in [1.807, 2.05) is 24.1 Å². The van der Waals surface area contributed by atoms with Gasteiger partial charge in [-0.05, 0) is 13.8 Å². The summed E-state index contributed by atoms with van der Waals surface area (Å²) in [7, 11) is 1.83. The lowest BCUT2D eigenvalue weighted by Crippen LogP contribution is -2.00. The third kappa shape index (κ3) is 2.39. The molecule has 6 nitrogen and oxygen atoms in total. The number of hydrogen-bond acceptors (Lipinski definition) is 4. The van der Waals surface area contributed by atoms with Crippen molar-refractivity contribution in [2.24, 2.45) is 7.05 Å². The molecular weight excluding hydrogens is 206 g/mol. The number of aryl methyl sites for hydroxylation is 1. The molecule has 6 heteroatoms. The van der Waals surface area contributed by atoms with Crippen LogP contribution in [0.5, 0.6) is 5.75 Å². The second kappa shape index (κ2) is 4.34. The highest BCUT2D eigenvalue weighted by atomic mass is 16.5. The van der Waals surface area contributed by atoms with E-state index in [4.69, 9.17) is 4.74 Å². The van der Waals surface area contributed by atoms with Crippen LogP contribution in [0.1, 0.15) is 25.6 Å². The zero-order valence-corrected chi connectivity index (χ0v) is 9.66. The van der Waals surface area contributed by atoms with Crippen molar-refractivity contribution in [1.29, 1.82) is 0 Å². The standard InChI is InChI=1S/C10H15N5O/c1-8(2)15-6-10(4-11-15)16-7-9-5-14(3)13-12-9/h4-6,8H,7H2,1-3H3. The quantitative estimate of drug-likeness (QED) is 0.777. The van der Waals surface area contributed by atoms with Gasteiger partial charge in [0.05, 0.1) is 18.6 Å². The van der Waals surface area contributed by atoms with Crippen molar-refractivity contribution in [3.05, 3.63) is 24.3 Å². The van der Waals surface area contributed by atoms with Crippen molar-refractivity contribution in [3.63, 3.8) is 0 Å². The molecule has 16 heavy (non-hydrogen) atoms. The van der Waals surface area contributed by atoms with Crippen LogP contribution in [0.3, 0.4) is 0 Å². The highest BCUT2D eigenvalue weighted by Gasteiger charge is 2.04. The fraction of sp³-hybridized carbons (Fsp3) is 0.500. The van der Waals surface area contributed by atoms with Crippen LogP contribution in [-0.2, 0) is 13.7 Å². The van der Waals surface area contributed by atoms with E-state index in [-0.39, 0.29) is 0 Å². The minimum atomic E-state index is 0.342. The van der Waals surface area contributed by atoms with Crippen molar-refractivity contribution in [3.8, 4) is 5.75 Å². The molecule has 2 heterocycles. The molecule has 0 saturated carbocycles. The third-order valence-electron chi connectivity index (χ3n) is 2.14. The van der Waals surface area contributed by atoms with Crippen molar-refractivity contribution in [2.75, 3.05) is 0 Å². The molecule has 0 unspecified atom stereocenters. The maximum Gasteiger partial charge on any atom is 0.157 e. The lowest BCUT2D eigenvalue weighted by Gasteiger charge is -2.03. The summed E-state index contributed by atoms with van der Waals surface area (Å²) in [5.74, 6) is 0.749. The summed E-state index contributed by atoms with van der Waals surface area (Å²) >= 11 is 0. The van der Waals surface area contributed by atoms with Crippen molar-refractivity contribution >= 4 is 0 Å². The molecule has 0 radical (unpaired) electrons. The van der Waals surface area contributed by atoms with Crippen molar-refractivity contribution in [1.82, 2.24) is 24.8 Å². The van der Waals surface area contributed by atoms with Crippen LogP contribution in [0.2, 0.25) is 0 Å². The molecule has 0 spiro atoms. The van der Waals surface area contributed by atoms with Gasteiger partial charge in [0, 0.05) is 13.1 Å². The molecule has 0 N–H and O–H groups in total. The smallest absolute Gasteiger partial charge is 0.157 e. The average molecular weight is 221 g/mol. The summed E-state index contributed by atoms with van der Waals surface area (Å²) in [4.78, 5) is 0. The first-order valence-corrected chi connectivity index (χ1v) is 5.17. The molecule has 2 aromatic heterocycles. The van der Waals surface area contributed by atoms with Gasteiger partial charge in [-0.3, -0.25) is 9.36 Å². The molecule has 2 rings (SSSR count). The second-order valence-electron chi connectivity index (χ2n) is 3.92. The van der Waals surface area contributed by atoms with Gasteiger partial charge in [-0.1, -0.05) is 5.21 Å². The Balaban J connectivity index is 1.94. The summed E-state index contributed by atoms with van der Waals surface area (Å²) in [6.07, 6.45) is 5.41. The van der Waals surface area contributed by atoms with Gasteiger partial charge in [0.2, 0.25) is 0 Å². The Hall–Kier alpha value is -1.85. The Kier molecular flexibility index (Phi) is 2.89. The predicted octanol–water partition coefficient (Wildman–Crippen LogP) is 1.17. The Morgan fingerprint density at radius 2 is 2.19 bits per heavy atom. The Labute approximate surface area is 93.8 Å². The van der Waals surface area contributed by atoms with E-state index >= 15 is 0 Å². The largest absolute Gasteiger partial charge is 0.484 e. The van der Waals surface area contributed by atoms with E-state index in [1.54, 1.807) is 10.9 Å². The van der Waals surface area contributed by atoms with Crippen LogP contribution in [0, 0.1) is 0 Å². The first-order valence-electron chi connectivity index (χ1n) is 5.17. The van der Waals surface area contributed by atoms with Crippen LogP contribution in [0.15, 0.2) is 18.6 Å². The second-order valence-corrected chi connectivity index (χ2v) is 3.92. The van der Waals surface area contributed by atoms with Gasteiger partial charge in [0.15, 0.2) is 5.75 Å². The number of ether oxygens (including phenoxy) is 1. The number of aromatic nitrogens is 5. The molecule has 0 atom stereocenters. The zero-order chi connectivity index (χ0) is 11.5. The molecule has 0 aliphatic rings. The predicted molar refractivity (Wildman–Crippen MR) is 57.9 cm³/mol. The number of hydrogen-bond donors (Lipinski definition) is 0. The van der Waals surface area contributed by atoms with E-state index in [0.29, 0.717) is 12.6 Å². The normalized spacial score (nSPS) is 11.0. The summed E-state index contributed by atoms with van der Waals surface area (Å²) in [6.45, 7) is 4.55. The van der Waals surface area contributed by atoms with Gasteiger partial charge in [0.1, 0.15) is 12.3 Å². The van der Waals surface area contributed by atoms with Crippen LogP contribution in [-0.4, -0.2) is 24.8 Å². The van der Waals surface area contributed by atoms with Gasteiger partial charge in [-0.15, -0.1) is 5.10 Å². The fourth-order valence-electron chi connectivity index (χ4n) is 1.30. The van der Waals surface area contributed by atoms with E-state index in [1.165, 1.54) is 0 Å². The van der Waals surface area contributed by atoms with Gasteiger partial charge < -0.3 is 4.74 Å². The molecule has 0 fully saturated rings. The summed E-state index contributed by atoms with van der Waals surface area (Å²) in [5.41, 5.74) is 0.805. The topological polar surface area (TPSA) is 57.8 Å². The molecule has 0 aliphatic carbocycles. The van der Waals surface area contributed by atoms with E-state index in [9.17, 15) is 0 Å². The molecule has 0 amide bonds. The van der Waals surface area contributed by atoms with E-state index in [0.717, 1.165) is 11.4 Å². The number of rotatable bonds is 4. The maximum atomic E-state index is 5.54. The highest BCUT2D eigenvalue weighted by Crippen LogP contribution is 2.13. The van der Waals surface area contributed by atoms with Crippen LogP contribution in [0.25, 0.3) is 0 Å². The lowest BCUT2D eigenvalue weighted by atomic mass is 10.4. The maximum absolute atomic E-state index is 5.54. The van der Waals surface area contributed by atoms with Gasteiger partial charge in [-0.25, -0.2) is 0 Å². The Morgan fingerprint density at radius 3 is 2.75 bits per heavy atom. The van der Waals surface area contributed by atoms with E-state index in [2.05, 4.69) is 29.3 Å². The average Bonchev–Trinajstić information content (AvgIpc) is 2.83. The minimum absolute atomic E-state index is 0.342. The SMILES string of the molecule is CC(C)n1cc(OCc2cn(C)nn2)cn1. The zero-order valence-electron chi connectivity index (χ0n) is 9.66. The van der Waals surface area contributed by atoms with Crippen molar-refractivity contribution < 1.29 is 4.74 Å². The molecule has 86 valence electrons. The summed E-state index contributed by atoms with van der Waals surface area (Å²) in [6, 6.07) is 0.342. The Bertz CT molecular complexity index is 459. The lowest BCUT2D eigenvalue weighted by molar-refractivity contribution is 0.300. The van der Waals surface area contributed by atoms with Crippen LogP contribution >= 0.6 is 0 Å². The van der Waals surface area contributed by atoms with Gasteiger partial charge >= 0.3 is 0 Å². The van der Waals surface area contributed by atoms with Crippen LogP contribution < -0.4 is 4.74 Å². The van der Waals surface area contributed by atoms with Crippen LogP contribution in [0.4, 0.5) is 0 Å². The molecule has 0 saturated heterocycles. The van der Waals surface area contributed by atoms with Crippen molar-refractivity contribution in [2.45, 2.75) is 26.5 Å². The third-order valence-corrected chi connectivity index (χ3v) is 2.14. The fourth-order valence-corrected chi connectivity index (χ4v) is 1.30. The number of nitrogens with zero attached hydrogens (tertiary/aromatic N) is 5. The molecule has 0 bridgehead atoms. The summed E-state index contributed by atoms with van der Waals surface area (Å²) < 4.78 is 9.04.